The van der Waals surface area contributed by atoms with E-state index in [4.69, 9.17) is 18.2 Å². The molecule has 0 bridgehead atoms. The summed E-state index contributed by atoms with van der Waals surface area (Å²) in [7, 11) is -0.925. The third-order valence-electron chi connectivity index (χ3n) is 3.59. The molecule has 1 aromatic heterocycles. The molecule has 6 nitrogen and oxygen atoms in total. The van der Waals surface area contributed by atoms with Crippen molar-refractivity contribution in [2.24, 2.45) is 0 Å². The van der Waals surface area contributed by atoms with Crippen LogP contribution >= 0.6 is 11.6 Å². The van der Waals surface area contributed by atoms with Crippen LogP contribution in [0.4, 0.5) is 5.95 Å². The molecule has 0 aliphatic heterocycles. The minimum Gasteiger partial charge on any atom is -0.396 e. The molecule has 0 aromatic carbocycles. The van der Waals surface area contributed by atoms with Gasteiger partial charge >= 0.3 is 16.2 Å². The molecule has 1 saturated carbocycles. The van der Waals surface area contributed by atoms with E-state index in [9.17, 15) is 8.42 Å². The maximum atomic E-state index is 12.4. The molecule has 0 amide bonds. The van der Waals surface area contributed by atoms with Gasteiger partial charge < -0.3 is 4.85 Å². The zero-order valence-electron chi connectivity index (χ0n) is 11.5. The van der Waals surface area contributed by atoms with Gasteiger partial charge in [-0.1, -0.05) is 19.3 Å². The molecule has 8 heteroatoms. The minimum atomic E-state index is -3.79. The van der Waals surface area contributed by atoms with Crippen molar-refractivity contribution in [3.8, 4) is 0 Å². The third kappa shape index (κ3) is 2.55. The summed E-state index contributed by atoms with van der Waals surface area (Å²) in [6.07, 6.45) is 5.00. The standard InChI is InChI=1S/C12H17ClN4O2S/c1-14-12-15-11(13)10(9-7-5-4-6-8-9)17(12)20(18,19)16(2)3/h9H,4-8H2,2-3H3. The zero-order valence-corrected chi connectivity index (χ0v) is 13.1. The van der Waals surface area contributed by atoms with E-state index in [0.29, 0.717) is 5.69 Å². The Balaban J connectivity index is 2.62. The average Bonchev–Trinajstić information content (AvgIpc) is 2.77. The fourth-order valence-corrected chi connectivity index (χ4v) is 4.02. The van der Waals surface area contributed by atoms with Crippen molar-refractivity contribution in [2.75, 3.05) is 14.1 Å². The van der Waals surface area contributed by atoms with Gasteiger partial charge in [-0.25, -0.2) is 0 Å². The molecule has 1 aliphatic carbocycles. The van der Waals surface area contributed by atoms with Crippen molar-refractivity contribution in [3.05, 3.63) is 22.3 Å². The second-order valence-corrected chi connectivity index (χ2v) is 7.44. The maximum Gasteiger partial charge on any atom is 0.356 e. The Kier molecular flexibility index (Phi) is 4.37. The predicted octanol–water partition coefficient (Wildman–Crippen LogP) is 2.79. The monoisotopic (exact) mass is 316 g/mol. The van der Waals surface area contributed by atoms with Gasteiger partial charge in [0.1, 0.15) is 5.69 Å². The van der Waals surface area contributed by atoms with Gasteiger partial charge in [0.25, 0.3) is 0 Å². The Bertz CT molecular complexity index is 639. The fourth-order valence-electron chi connectivity index (χ4n) is 2.55. The van der Waals surface area contributed by atoms with Crippen LogP contribution in [0.2, 0.25) is 5.15 Å². The summed E-state index contributed by atoms with van der Waals surface area (Å²) in [6, 6.07) is 0. The molecule has 0 radical (unpaired) electrons. The largest absolute Gasteiger partial charge is 0.396 e. The van der Waals surface area contributed by atoms with Crippen molar-refractivity contribution in [1.29, 1.82) is 0 Å². The van der Waals surface area contributed by atoms with Crippen LogP contribution in [-0.2, 0) is 10.2 Å². The summed E-state index contributed by atoms with van der Waals surface area (Å²) in [5.41, 5.74) is 0.464. The number of nitrogens with zero attached hydrogens (tertiary/aromatic N) is 4. The molecule has 20 heavy (non-hydrogen) atoms. The normalized spacial score (nSPS) is 17.4. The van der Waals surface area contributed by atoms with Gasteiger partial charge in [-0.05, 0) is 24.4 Å². The minimum absolute atomic E-state index is 0.0500. The molecular weight excluding hydrogens is 300 g/mol. The van der Waals surface area contributed by atoms with Gasteiger partial charge in [0, 0.05) is 20.0 Å². The SMILES string of the molecule is [C-]#[N+]c1nc(Cl)c(C2CCCCC2)n1S(=O)(=O)N(C)C. The number of halogens is 1. The molecule has 0 spiro atoms. The predicted molar refractivity (Wildman–Crippen MR) is 77.3 cm³/mol. The number of aromatic nitrogens is 2. The van der Waals surface area contributed by atoms with Crippen LogP contribution in [0.25, 0.3) is 4.85 Å². The first-order valence-corrected chi connectivity index (χ1v) is 8.25. The smallest absolute Gasteiger partial charge is 0.356 e. The van der Waals surface area contributed by atoms with Crippen molar-refractivity contribution in [3.63, 3.8) is 0 Å². The lowest BCUT2D eigenvalue weighted by Gasteiger charge is -2.22. The summed E-state index contributed by atoms with van der Waals surface area (Å²) in [5.74, 6) is -0.141. The van der Waals surface area contributed by atoms with E-state index < -0.39 is 10.2 Å². The molecule has 1 aliphatic rings. The van der Waals surface area contributed by atoms with E-state index in [-0.39, 0.29) is 17.0 Å². The summed E-state index contributed by atoms with van der Waals surface area (Å²) in [6.45, 7) is 7.13. The van der Waals surface area contributed by atoms with E-state index in [1.54, 1.807) is 0 Å². The molecule has 0 saturated heterocycles. The van der Waals surface area contributed by atoms with Crippen LogP contribution in [-0.4, -0.2) is 35.8 Å². The van der Waals surface area contributed by atoms with Crippen LogP contribution in [0.15, 0.2) is 0 Å². The highest BCUT2D eigenvalue weighted by molar-refractivity contribution is 7.87. The summed E-state index contributed by atoms with van der Waals surface area (Å²) >= 11 is 6.11. The topological polar surface area (TPSA) is 59.6 Å². The molecule has 0 N–H and O–H groups in total. The summed E-state index contributed by atoms with van der Waals surface area (Å²) in [5, 5.41) is 0.133. The van der Waals surface area contributed by atoms with Crippen LogP contribution in [0.5, 0.6) is 0 Å². The van der Waals surface area contributed by atoms with E-state index in [2.05, 4.69) is 9.83 Å². The molecule has 110 valence electrons. The van der Waals surface area contributed by atoms with Gasteiger partial charge in [0.05, 0.1) is 0 Å². The Morgan fingerprint density at radius 1 is 1.35 bits per heavy atom. The van der Waals surface area contributed by atoms with E-state index >= 15 is 0 Å². The first-order valence-electron chi connectivity index (χ1n) is 6.48. The highest BCUT2D eigenvalue weighted by Gasteiger charge is 2.35. The van der Waals surface area contributed by atoms with E-state index in [1.165, 1.54) is 14.1 Å². The highest BCUT2D eigenvalue weighted by Crippen LogP contribution is 2.39. The highest BCUT2D eigenvalue weighted by atomic mass is 35.5. The molecule has 1 fully saturated rings. The van der Waals surface area contributed by atoms with E-state index in [0.717, 1.165) is 40.4 Å². The zero-order chi connectivity index (χ0) is 14.9. The Hall–Kier alpha value is -1.10. The van der Waals surface area contributed by atoms with Crippen LogP contribution in [0, 0.1) is 6.57 Å². The van der Waals surface area contributed by atoms with Gasteiger partial charge in [-0.15, -0.1) is 11.6 Å². The first-order chi connectivity index (χ1) is 9.39. The van der Waals surface area contributed by atoms with E-state index in [1.807, 2.05) is 0 Å². The molecule has 2 rings (SSSR count). The molecular formula is C12H17ClN4O2S. The van der Waals surface area contributed by atoms with Crippen molar-refractivity contribution in [1.82, 2.24) is 13.3 Å². The lowest BCUT2D eigenvalue weighted by Crippen LogP contribution is -2.30. The Morgan fingerprint density at radius 3 is 2.45 bits per heavy atom. The number of rotatable bonds is 3. The summed E-state index contributed by atoms with van der Waals surface area (Å²) in [4.78, 5) is 7.13. The number of imidazole rings is 1. The van der Waals surface area contributed by atoms with Gasteiger partial charge in [-0.3, -0.25) is 0 Å². The van der Waals surface area contributed by atoms with Crippen LogP contribution in [0.3, 0.4) is 0 Å². The van der Waals surface area contributed by atoms with Crippen LogP contribution < -0.4 is 0 Å². The van der Waals surface area contributed by atoms with Gasteiger partial charge in [0.2, 0.25) is 5.15 Å². The number of hydrogen-bond acceptors (Lipinski definition) is 3. The second-order valence-electron chi connectivity index (χ2n) is 5.09. The lowest BCUT2D eigenvalue weighted by molar-refractivity contribution is 0.431. The molecule has 1 heterocycles. The van der Waals surface area contributed by atoms with Gasteiger partial charge in [-0.2, -0.15) is 16.7 Å². The quantitative estimate of drug-likeness (QED) is 0.806. The van der Waals surface area contributed by atoms with Gasteiger partial charge in [0.15, 0.2) is 0 Å². The fraction of sp³-hybridized carbons (Fsp3) is 0.667. The first kappa shape index (κ1) is 15.3. The maximum absolute atomic E-state index is 12.4. The van der Waals surface area contributed by atoms with Crippen molar-refractivity contribution in [2.45, 2.75) is 38.0 Å². The summed E-state index contributed by atoms with van der Waals surface area (Å²) < 4.78 is 27.0. The second kappa shape index (κ2) is 5.72. The number of hydrogen-bond donors (Lipinski definition) is 0. The lowest BCUT2D eigenvalue weighted by atomic mass is 9.87. The van der Waals surface area contributed by atoms with Crippen molar-refractivity contribution >= 4 is 27.8 Å². The molecule has 0 unspecified atom stereocenters. The molecule has 0 atom stereocenters. The van der Waals surface area contributed by atoms with Crippen molar-refractivity contribution < 1.29 is 8.42 Å². The Labute approximate surface area is 124 Å². The van der Waals surface area contributed by atoms with Crippen LogP contribution in [0.1, 0.15) is 43.7 Å². The molecule has 1 aromatic rings. The average molecular weight is 317 g/mol. The Morgan fingerprint density at radius 2 is 1.95 bits per heavy atom. The third-order valence-corrected chi connectivity index (χ3v) is 5.62.